The number of nitrogens with zero attached hydrogens (tertiary/aromatic N) is 1. The molecule has 0 heterocycles. The summed E-state index contributed by atoms with van der Waals surface area (Å²) in [7, 11) is -4.05. The van der Waals surface area contributed by atoms with Crippen LogP contribution in [-0.4, -0.2) is 19.9 Å². The second-order valence-corrected chi connectivity index (χ2v) is 7.27. The molecule has 0 aromatic heterocycles. The molecule has 24 heavy (non-hydrogen) atoms. The van der Waals surface area contributed by atoms with Crippen molar-refractivity contribution in [2.45, 2.75) is 24.8 Å². The number of hydrogen-bond donors (Lipinski definition) is 2. The summed E-state index contributed by atoms with van der Waals surface area (Å²) in [5, 5.41) is 11.2. The fraction of sp³-hybridized carbons (Fsp3) is 0.250. The van der Waals surface area contributed by atoms with Crippen LogP contribution in [0.25, 0.3) is 0 Å². The Morgan fingerprint density at radius 1 is 1.17 bits per heavy atom. The largest absolute Gasteiger partial charge is 0.323 e. The summed E-state index contributed by atoms with van der Waals surface area (Å²) >= 11 is 0. The number of nitro groups is 1. The monoisotopic (exact) mass is 349 g/mol. The second kappa shape index (κ2) is 7.08. The Morgan fingerprint density at radius 3 is 2.33 bits per heavy atom. The van der Waals surface area contributed by atoms with Gasteiger partial charge in [-0.05, 0) is 36.6 Å². The van der Waals surface area contributed by atoms with E-state index in [2.05, 4.69) is 4.72 Å². The van der Waals surface area contributed by atoms with E-state index in [0.29, 0.717) is 11.1 Å². The van der Waals surface area contributed by atoms with Gasteiger partial charge < -0.3 is 5.73 Å². The summed E-state index contributed by atoms with van der Waals surface area (Å²) in [5.74, 6) is 0. The molecule has 0 spiro atoms. The van der Waals surface area contributed by atoms with E-state index >= 15 is 0 Å². The van der Waals surface area contributed by atoms with Gasteiger partial charge >= 0.3 is 0 Å². The third-order valence-electron chi connectivity index (χ3n) is 3.78. The van der Waals surface area contributed by atoms with Gasteiger partial charge in [0.05, 0.1) is 4.92 Å². The van der Waals surface area contributed by atoms with Crippen LogP contribution in [0.3, 0.4) is 0 Å². The predicted molar refractivity (Wildman–Crippen MR) is 91.1 cm³/mol. The van der Waals surface area contributed by atoms with Crippen LogP contribution in [0.5, 0.6) is 0 Å². The number of sulfonamides is 1. The van der Waals surface area contributed by atoms with Crippen LogP contribution in [0.1, 0.15) is 22.7 Å². The van der Waals surface area contributed by atoms with E-state index in [-0.39, 0.29) is 11.4 Å². The van der Waals surface area contributed by atoms with E-state index in [1.165, 1.54) is 12.1 Å². The maximum Gasteiger partial charge on any atom is 0.289 e. The lowest BCUT2D eigenvalue weighted by atomic mass is 10.1. The van der Waals surface area contributed by atoms with E-state index in [1.807, 2.05) is 6.07 Å². The highest BCUT2D eigenvalue weighted by molar-refractivity contribution is 7.89. The molecule has 2 aromatic carbocycles. The first-order chi connectivity index (χ1) is 11.2. The van der Waals surface area contributed by atoms with Gasteiger partial charge in [-0.15, -0.1) is 0 Å². The van der Waals surface area contributed by atoms with Crippen molar-refractivity contribution in [1.29, 1.82) is 0 Å². The Morgan fingerprint density at radius 2 is 1.75 bits per heavy atom. The molecule has 2 aromatic rings. The van der Waals surface area contributed by atoms with Crippen LogP contribution in [0, 0.1) is 24.0 Å². The average Bonchev–Trinajstić information content (AvgIpc) is 2.55. The molecule has 0 bridgehead atoms. The molecule has 0 saturated carbocycles. The van der Waals surface area contributed by atoms with Crippen LogP contribution in [0.2, 0.25) is 0 Å². The molecular weight excluding hydrogens is 330 g/mol. The lowest BCUT2D eigenvalue weighted by Gasteiger charge is -2.14. The van der Waals surface area contributed by atoms with Crippen LogP contribution in [0.4, 0.5) is 5.69 Å². The van der Waals surface area contributed by atoms with Crippen molar-refractivity contribution in [2.24, 2.45) is 5.73 Å². The Kier molecular flexibility index (Phi) is 5.33. The summed E-state index contributed by atoms with van der Waals surface area (Å²) in [5.41, 5.74) is 7.61. The minimum atomic E-state index is -4.05. The lowest BCUT2D eigenvalue weighted by Crippen LogP contribution is -2.32. The van der Waals surface area contributed by atoms with E-state index in [1.54, 1.807) is 38.1 Å². The van der Waals surface area contributed by atoms with Crippen molar-refractivity contribution in [2.75, 3.05) is 6.54 Å². The molecule has 0 amide bonds. The van der Waals surface area contributed by atoms with Crippen LogP contribution < -0.4 is 10.5 Å². The first-order valence-electron chi connectivity index (χ1n) is 7.28. The smallest absolute Gasteiger partial charge is 0.289 e. The Balaban J connectivity index is 2.28. The van der Waals surface area contributed by atoms with Gasteiger partial charge in [0.1, 0.15) is 0 Å². The molecule has 1 unspecified atom stereocenters. The van der Waals surface area contributed by atoms with Gasteiger partial charge in [-0.2, -0.15) is 0 Å². The van der Waals surface area contributed by atoms with Gasteiger partial charge in [0.15, 0.2) is 4.90 Å². The van der Waals surface area contributed by atoms with Gasteiger partial charge in [-0.3, -0.25) is 10.1 Å². The Bertz CT molecular complexity index is 851. The zero-order valence-electron chi connectivity index (χ0n) is 13.4. The number of benzene rings is 2. The number of nitro benzene ring substituents is 1. The maximum atomic E-state index is 12.5. The summed E-state index contributed by atoms with van der Waals surface area (Å²) in [6.45, 7) is 3.34. The average molecular weight is 349 g/mol. The minimum absolute atomic E-state index is 0.0591. The molecule has 3 N–H and O–H groups in total. The zero-order valence-corrected chi connectivity index (χ0v) is 14.2. The molecule has 8 heteroatoms. The molecule has 0 radical (unpaired) electrons. The van der Waals surface area contributed by atoms with Gasteiger partial charge in [0, 0.05) is 18.7 Å². The van der Waals surface area contributed by atoms with E-state index in [0.717, 1.165) is 5.56 Å². The normalized spacial score (nSPS) is 12.8. The number of rotatable bonds is 6. The van der Waals surface area contributed by atoms with Gasteiger partial charge in [-0.1, -0.05) is 30.3 Å². The Hall–Kier alpha value is -2.29. The highest BCUT2D eigenvalue weighted by atomic mass is 32.2. The quantitative estimate of drug-likeness (QED) is 0.612. The predicted octanol–water partition coefficient (Wildman–Crippen LogP) is 2.19. The standard InChI is InChI=1S/C16H19N3O4S/c1-11-8-15(19(20)21)16(9-12(11)2)24(22,23)18-10-14(17)13-6-4-3-5-7-13/h3-9,14,18H,10,17H2,1-2H3. The van der Waals surface area contributed by atoms with E-state index in [4.69, 9.17) is 5.73 Å². The second-order valence-electron chi connectivity index (χ2n) is 5.53. The summed E-state index contributed by atoms with van der Waals surface area (Å²) in [6.07, 6.45) is 0. The summed E-state index contributed by atoms with van der Waals surface area (Å²) < 4.78 is 27.3. The topological polar surface area (TPSA) is 115 Å². The molecular formula is C16H19N3O4S. The molecule has 0 aliphatic carbocycles. The number of nitrogens with one attached hydrogen (secondary N) is 1. The van der Waals surface area contributed by atoms with Gasteiger partial charge in [-0.25, -0.2) is 13.1 Å². The van der Waals surface area contributed by atoms with Crippen LogP contribution >= 0.6 is 0 Å². The molecule has 0 aliphatic heterocycles. The van der Waals surface area contributed by atoms with Crippen molar-refractivity contribution in [3.63, 3.8) is 0 Å². The van der Waals surface area contributed by atoms with Crippen molar-refractivity contribution in [3.8, 4) is 0 Å². The molecule has 7 nitrogen and oxygen atoms in total. The molecule has 128 valence electrons. The molecule has 1 atom stereocenters. The van der Waals surface area contributed by atoms with Crippen LogP contribution in [-0.2, 0) is 10.0 Å². The van der Waals surface area contributed by atoms with Gasteiger partial charge in [0.2, 0.25) is 10.0 Å². The van der Waals surface area contributed by atoms with E-state index < -0.39 is 26.7 Å². The van der Waals surface area contributed by atoms with Crippen LogP contribution in [0.15, 0.2) is 47.4 Å². The van der Waals surface area contributed by atoms with Crippen molar-refractivity contribution < 1.29 is 13.3 Å². The highest BCUT2D eigenvalue weighted by Crippen LogP contribution is 2.27. The maximum absolute atomic E-state index is 12.5. The number of aryl methyl sites for hydroxylation is 2. The summed E-state index contributed by atoms with van der Waals surface area (Å²) in [6, 6.07) is 11.0. The molecule has 0 aliphatic rings. The van der Waals surface area contributed by atoms with Crippen molar-refractivity contribution in [3.05, 3.63) is 69.3 Å². The third kappa shape index (κ3) is 3.97. The number of hydrogen-bond acceptors (Lipinski definition) is 5. The zero-order chi connectivity index (χ0) is 17.9. The fourth-order valence-corrected chi connectivity index (χ4v) is 3.52. The van der Waals surface area contributed by atoms with Crippen molar-refractivity contribution in [1.82, 2.24) is 4.72 Å². The van der Waals surface area contributed by atoms with Gasteiger partial charge in [0.25, 0.3) is 5.69 Å². The number of nitrogens with two attached hydrogens (primary N) is 1. The molecule has 0 saturated heterocycles. The molecule has 2 rings (SSSR count). The Labute approximate surface area is 140 Å². The molecule has 0 fully saturated rings. The first-order valence-corrected chi connectivity index (χ1v) is 8.76. The SMILES string of the molecule is Cc1cc([N+](=O)[O-])c(S(=O)(=O)NCC(N)c2ccccc2)cc1C. The first kappa shape index (κ1) is 18.1. The third-order valence-corrected chi connectivity index (χ3v) is 5.24. The minimum Gasteiger partial charge on any atom is -0.323 e. The fourth-order valence-electron chi connectivity index (χ4n) is 2.23. The van der Waals surface area contributed by atoms with E-state index in [9.17, 15) is 18.5 Å². The lowest BCUT2D eigenvalue weighted by molar-refractivity contribution is -0.387. The van der Waals surface area contributed by atoms with Crippen molar-refractivity contribution >= 4 is 15.7 Å². The summed E-state index contributed by atoms with van der Waals surface area (Å²) in [4.78, 5) is 10.1. The highest BCUT2D eigenvalue weighted by Gasteiger charge is 2.27.